The van der Waals surface area contributed by atoms with E-state index in [0.29, 0.717) is 11.1 Å². The lowest BCUT2D eigenvalue weighted by atomic mass is 10.0. The van der Waals surface area contributed by atoms with Gasteiger partial charge >= 0.3 is 0 Å². The fourth-order valence-corrected chi connectivity index (χ4v) is 2.15. The van der Waals surface area contributed by atoms with E-state index in [1.807, 2.05) is 0 Å². The first-order chi connectivity index (χ1) is 7.22. The highest BCUT2D eigenvalue weighted by Gasteiger charge is 2.16. The van der Waals surface area contributed by atoms with E-state index < -0.39 is 26.4 Å². The molecule has 90 valence electrons. The van der Waals surface area contributed by atoms with E-state index in [1.165, 1.54) is 19.9 Å². The molecule has 0 saturated carbocycles. The van der Waals surface area contributed by atoms with Crippen molar-refractivity contribution >= 4 is 19.7 Å². The van der Waals surface area contributed by atoms with Crippen LogP contribution in [-0.4, -0.2) is 14.2 Å². The van der Waals surface area contributed by atoms with E-state index in [2.05, 4.69) is 0 Å². The van der Waals surface area contributed by atoms with Crippen LogP contribution in [0.2, 0.25) is 0 Å². The molecule has 0 heterocycles. The van der Waals surface area contributed by atoms with Crippen LogP contribution >= 0.6 is 10.7 Å². The summed E-state index contributed by atoms with van der Waals surface area (Å²) < 4.78 is 48.5. The van der Waals surface area contributed by atoms with Crippen LogP contribution in [0.25, 0.3) is 0 Å². The van der Waals surface area contributed by atoms with Crippen LogP contribution in [0.1, 0.15) is 16.7 Å². The summed E-state index contributed by atoms with van der Waals surface area (Å²) in [6.45, 7) is 3.00. The monoisotopic (exact) mass is 268 g/mol. The van der Waals surface area contributed by atoms with Crippen molar-refractivity contribution in [1.29, 1.82) is 0 Å². The summed E-state index contributed by atoms with van der Waals surface area (Å²) in [6, 6.07) is 1.38. The molecule has 0 atom stereocenters. The maximum absolute atomic E-state index is 13.5. The third kappa shape index (κ3) is 3.15. The Hall–Kier alpha value is -0.680. The zero-order chi connectivity index (χ0) is 12.5. The van der Waals surface area contributed by atoms with Crippen LogP contribution in [0.15, 0.2) is 6.07 Å². The number of rotatable bonds is 3. The molecule has 0 aliphatic rings. The van der Waals surface area contributed by atoms with Gasteiger partial charge in [-0.25, -0.2) is 17.2 Å². The highest BCUT2D eigenvalue weighted by Crippen LogP contribution is 2.21. The molecule has 0 saturated heterocycles. The molecule has 1 aromatic carbocycles. The Labute approximate surface area is 97.7 Å². The molecule has 2 nitrogen and oxygen atoms in total. The second kappa shape index (κ2) is 4.67. The maximum Gasteiger partial charge on any atom is 0.232 e. The predicted octanol–water partition coefficient (Wildman–Crippen LogP) is 2.69. The first kappa shape index (κ1) is 13.4. The fourth-order valence-electron chi connectivity index (χ4n) is 1.47. The van der Waals surface area contributed by atoms with Gasteiger partial charge in [-0.3, -0.25) is 0 Å². The van der Waals surface area contributed by atoms with Crippen LogP contribution < -0.4 is 0 Å². The van der Waals surface area contributed by atoms with Crippen molar-refractivity contribution in [3.63, 3.8) is 0 Å². The SMILES string of the molecule is Cc1cc(C)c(F)c(CCS(=O)(=O)Cl)c1F. The van der Waals surface area contributed by atoms with E-state index >= 15 is 0 Å². The molecule has 0 radical (unpaired) electrons. The molecule has 0 unspecified atom stereocenters. The van der Waals surface area contributed by atoms with Crippen molar-refractivity contribution < 1.29 is 17.2 Å². The van der Waals surface area contributed by atoms with Gasteiger partial charge in [-0.1, -0.05) is 6.07 Å². The van der Waals surface area contributed by atoms with Gasteiger partial charge in [-0.2, -0.15) is 0 Å². The van der Waals surface area contributed by atoms with Gasteiger partial charge in [0, 0.05) is 16.2 Å². The van der Waals surface area contributed by atoms with Crippen molar-refractivity contribution in [3.05, 3.63) is 34.4 Å². The topological polar surface area (TPSA) is 34.1 Å². The highest BCUT2D eigenvalue weighted by molar-refractivity contribution is 8.13. The maximum atomic E-state index is 13.5. The molecule has 6 heteroatoms. The van der Waals surface area contributed by atoms with Crippen molar-refractivity contribution in [2.45, 2.75) is 20.3 Å². The van der Waals surface area contributed by atoms with Gasteiger partial charge in [0.25, 0.3) is 0 Å². The minimum atomic E-state index is -3.74. The molecule has 1 rings (SSSR count). The Kier molecular flexibility index (Phi) is 3.91. The zero-order valence-corrected chi connectivity index (χ0v) is 10.4. The molecule has 0 fully saturated rings. The van der Waals surface area contributed by atoms with Crippen LogP contribution in [0.3, 0.4) is 0 Å². The molecular weight excluding hydrogens is 258 g/mol. The molecular formula is C10H11ClF2O2S. The summed E-state index contributed by atoms with van der Waals surface area (Å²) >= 11 is 0. The van der Waals surface area contributed by atoms with Gasteiger partial charge in [0.15, 0.2) is 0 Å². The van der Waals surface area contributed by atoms with Gasteiger partial charge in [0.2, 0.25) is 9.05 Å². The van der Waals surface area contributed by atoms with Crippen molar-refractivity contribution in [1.82, 2.24) is 0 Å². The smallest absolute Gasteiger partial charge is 0.212 e. The number of halogens is 3. The van der Waals surface area contributed by atoms with Crippen LogP contribution in [-0.2, 0) is 15.5 Å². The Bertz CT molecular complexity index is 486. The standard InChI is InChI=1S/C10H11ClF2O2S/c1-6-5-7(2)10(13)8(9(6)12)3-4-16(11,14)15/h5H,3-4H2,1-2H3. The molecule has 0 aromatic heterocycles. The second-order valence-electron chi connectivity index (χ2n) is 3.61. The minimum Gasteiger partial charge on any atom is -0.212 e. The number of aryl methyl sites for hydroxylation is 2. The average Bonchev–Trinajstić information content (AvgIpc) is 2.13. The molecule has 0 amide bonds. The Morgan fingerprint density at radius 2 is 1.62 bits per heavy atom. The van der Waals surface area contributed by atoms with E-state index in [-0.39, 0.29) is 12.0 Å². The average molecular weight is 269 g/mol. The molecule has 16 heavy (non-hydrogen) atoms. The largest absolute Gasteiger partial charge is 0.232 e. The van der Waals surface area contributed by atoms with E-state index in [9.17, 15) is 17.2 Å². The van der Waals surface area contributed by atoms with Gasteiger partial charge < -0.3 is 0 Å². The number of hydrogen-bond acceptors (Lipinski definition) is 2. The summed E-state index contributed by atoms with van der Waals surface area (Å²) in [4.78, 5) is 0. The van der Waals surface area contributed by atoms with E-state index in [1.54, 1.807) is 0 Å². The lowest BCUT2D eigenvalue weighted by Gasteiger charge is -2.08. The molecule has 0 aliphatic carbocycles. The first-order valence-electron chi connectivity index (χ1n) is 4.59. The molecule has 0 spiro atoms. The summed E-state index contributed by atoms with van der Waals surface area (Å²) in [6.07, 6.45) is -0.258. The van der Waals surface area contributed by atoms with Crippen LogP contribution in [0.5, 0.6) is 0 Å². The second-order valence-corrected chi connectivity index (χ2v) is 6.51. The molecule has 0 N–H and O–H groups in total. The Balaban J connectivity index is 3.13. The quantitative estimate of drug-likeness (QED) is 0.790. The fraction of sp³-hybridized carbons (Fsp3) is 0.400. The molecule has 1 aromatic rings. The lowest BCUT2D eigenvalue weighted by molar-refractivity contribution is 0.547. The molecule has 0 bridgehead atoms. The van der Waals surface area contributed by atoms with Gasteiger partial charge in [-0.05, 0) is 31.4 Å². The van der Waals surface area contributed by atoms with Gasteiger partial charge in [-0.15, -0.1) is 0 Å². The number of hydrogen-bond donors (Lipinski definition) is 0. The van der Waals surface area contributed by atoms with Gasteiger partial charge in [0.05, 0.1) is 5.75 Å². The van der Waals surface area contributed by atoms with Gasteiger partial charge in [0.1, 0.15) is 11.6 Å². The number of benzene rings is 1. The zero-order valence-electron chi connectivity index (χ0n) is 8.85. The van der Waals surface area contributed by atoms with Crippen LogP contribution in [0.4, 0.5) is 8.78 Å². The summed E-state index contributed by atoms with van der Waals surface area (Å²) in [5, 5.41) is 0. The summed E-state index contributed by atoms with van der Waals surface area (Å²) in [5.41, 5.74) is 0.364. The lowest BCUT2D eigenvalue weighted by Crippen LogP contribution is -2.07. The predicted molar refractivity (Wildman–Crippen MR) is 59.2 cm³/mol. The summed E-state index contributed by atoms with van der Waals surface area (Å²) in [7, 11) is 1.25. The normalized spacial score (nSPS) is 11.8. The third-order valence-corrected chi connectivity index (χ3v) is 3.41. The Morgan fingerprint density at radius 1 is 1.19 bits per heavy atom. The van der Waals surface area contributed by atoms with Crippen LogP contribution in [0, 0.1) is 25.5 Å². The van der Waals surface area contributed by atoms with E-state index in [4.69, 9.17) is 10.7 Å². The van der Waals surface area contributed by atoms with Crippen molar-refractivity contribution in [2.75, 3.05) is 5.75 Å². The highest BCUT2D eigenvalue weighted by atomic mass is 35.7. The first-order valence-corrected chi connectivity index (χ1v) is 7.06. The third-order valence-electron chi connectivity index (χ3n) is 2.25. The van der Waals surface area contributed by atoms with E-state index in [0.717, 1.165) is 0 Å². The minimum absolute atomic E-state index is 0.221. The van der Waals surface area contributed by atoms with Crippen molar-refractivity contribution in [2.24, 2.45) is 0 Å². The molecule has 0 aliphatic heterocycles. The Morgan fingerprint density at radius 3 is 2.00 bits per heavy atom. The summed E-state index contributed by atoms with van der Waals surface area (Å²) in [5.74, 6) is -1.89. The van der Waals surface area contributed by atoms with Crippen molar-refractivity contribution in [3.8, 4) is 0 Å².